The number of carbonyl (C=O) groups excluding carboxylic acids is 1. The van der Waals surface area contributed by atoms with E-state index in [4.69, 9.17) is 5.73 Å². The molecule has 0 aromatic carbocycles. The highest BCUT2D eigenvalue weighted by atomic mass is 16.1. The lowest BCUT2D eigenvalue weighted by atomic mass is 9.87. The van der Waals surface area contributed by atoms with Crippen LogP contribution in [0.5, 0.6) is 0 Å². The third-order valence-corrected chi connectivity index (χ3v) is 4.49. The van der Waals surface area contributed by atoms with E-state index in [-0.39, 0.29) is 11.4 Å². The van der Waals surface area contributed by atoms with Crippen LogP contribution in [-0.4, -0.2) is 17.5 Å². The van der Waals surface area contributed by atoms with Crippen LogP contribution in [0.4, 0.5) is 0 Å². The van der Waals surface area contributed by atoms with Crippen LogP contribution in [-0.2, 0) is 4.79 Å². The van der Waals surface area contributed by atoms with Crippen LogP contribution in [0.3, 0.4) is 0 Å². The Morgan fingerprint density at radius 3 is 2.41 bits per heavy atom. The van der Waals surface area contributed by atoms with Crippen LogP contribution in [0.25, 0.3) is 0 Å². The van der Waals surface area contributed by atoms with Crippen molar-refractivity contribution in [2.24, 2.45) is 11.7 Å². The highest BCUT2D eigenvalue weighted by molar-refractivity contribution is 5.77. The van der Waals surface area contributed by atoms with Crippen molar-refractivity contribution in [3.63, 3.8) is 0 Å². The normalized spacial score (nSPS) is 32.4. The smallest absolute Gasteiger partial charge is 0.222 e. The van der Waals surface area contributed by atoms with Crippen molar-refractivity contribution in [1.29, 1.82) is 0 Å². The Bertz CT molecular complexity index is 263. The van der Waals surface area contributed by atoms with Gasteiger partial charge in [0, 0.05) is 18.0 Å². The van der Waals surface area contributed by atoms with Crippen molar-refractivity contribution in [3.05, 3.63) is 0 Å². The fraction of sp³-hybridized carbons (Fsp3) is 0.929. The maximum Gasteiger partial charge on any atom is 0.222 e. The summed E-state index contributed by atoms with van der Waals surface area (Å²) in [5.41, 5.74) is 6.02. The molecule has 0 heterocycles. The van der Waals surface area contributed by atoms with E-state index in [1.807, 2.05) is 0 Å². The fourth-order valence-electron chi connectivity index (χ4n) is 3.26. The largest absolute Gasteiger partial charge is 0.353 e. The number of hydrogen-bond donors (Lipinski definition) is 2. The van der Waals surface area contributed by atoms with Crippen molar-refractivity contribution < 1.29 is 4.79 Å². The van der Waals surface area contributed by atoms with Gasteiger partial charge in [-0.2, -0.15) is 0 Å². The van der Waals surface area contributed by atoms with Crippen LogP contribution in [0.15, 0.2) is 0 Å². The van der Waals surface area contributed by atoms with Gasteiger partial charge in [-0.25, -0.2) is 0 Å². The molecule has 3 N–H and O–H groups in total. The molecular formula is C14H26N2O. The Morgan fingerprint density at radius 2 is 1.82 bits per heavy atom. The van der Waals surface area contributed by atoms with E-state index >= 15 is 0 Å². The van der Waals surface area contributed by atoms with Gasteiger partial charge in [0.2, 0.25) is 5.91 Å². The predicted octanol–water partition coefficient (Wildman–Crippen LogP) is 2.34. The summed E-state index contributed by atoms with van der Waals surface area (Å²) in [6.45, 7) is 2.30. The number of carbonyl (C=O) groups is 1. The lowest BCUT2D eigenvalue weighted by Gasteiger charge is -2.29. The number of amides is 1. The molecule has 0 saturated heterocycles. The van der Waals surface area contributed by atoms with E-state index in [2.05, 4.69) is 12.2 Å². The molecule has 0 spiro atoms. The number of nitrogens with one attached hydrogen (secondary N) is 1. The highest BCUT2D eigenvalue weighted by Crippen LogP contribution is 2.30. The molecule has 2 saturated carbocycles. The van der Waals surface area contributed by atoms with Gasteiger partial charge in [0.25, 0.3) is 0 Å². The van der Waals surface area contributed by atoms with Crippen molar-refractivity contribution >= 4 is 5.91 Å². The van der Waals surface area contributed by atoms with Gasteiger partial charge in [-0.05, 0) is 44.4 Å². The zero-order chi connectivity index (χ0) is 12.3. The first-order valence-electron chi connectivity index (χ1n) is 7.16. The van der Waals surface area contributed by atoms with E-state index in [9.17, 15) is 4.79 Å². The van der Waals surface area contributed by atoms with E-state index in [1.165, 1.54) is 25.7 Å². The maximum absolute atomic E-state index is 12.0. The van der Waals surface area contributed by atoms with Gasteiger partial charge in [0.15, 0.2) is 0 Å². The summed E-state index contributed by atoms with van der Waals surface area (Å²) < 4.78 is 0. The molecule has 0 atom stereocenters. The Labute approximate surface area is 105 Å². The summed E-state index contributed by atoms with van der Waals surface area (Å²) in [6, 6.07) is 0.406. The van der Waals surface area contributed by atoms with Crippen molar-refractivity contribution in [3.8, 4) is 0 Å². The fourth-order valence-corrected chi connectivity index (χ4v) is 3.26. The Morgan fingerprint density at radius 1 is 1.24 bits per heavy atom. The zero-order valence-corrected chi connectivity index (χ0v) is 11.0. The molecule has 0 aliphatic heterocycles. The first-order valence-corrected chi connectivity index (χ1v) is 7.16. The summed E-state index contributed by atoms with van der Waals surface area (Å²) in [5.74, 6) is 1.01. The lowest BCUT2D eigenvalue weighted by molar-refractivity contribution is -0.123. The van der Waals surface area contributed by atoms with Gasteiger partial charge in [-0.15, -0.1) is 0 Å². The number of hydrogen-bond acceptors (Lipinski definition) is 2. The second-order valence-electron chi connectivity index (χ2n) is 6.27. The van der Waals surface area contributed by atoms with Crippen molar-refractivity contribution in [2.45, 2.75) is 76.3 Å². The van der Waals surface area contributed by atoms with Crippen LogP contribution in [0.1, 0.15) is 64.7 Å². The Balaban J connectivity index is 1.73. The summed E-state index contributed by atoms with van der Waals surface area (Å²) >= 11 is 0. The van der Waals surface area contributed by atoms with E-state index in [0.717, 1.165) is 31.6 Å². The SMILES string of the molecule is CC1CCC(NC(=O)CC2(N)CCCC2)CC1. The average Bonchev–Trinajstić information content (AvgIpc) is 2.68. The Hall–Kier alpha value is -0.570. The minimum atomic E-state index is -0.202. The summed E-state index contributed by atoms with van der Waals surface area (Å²) in [5, 5.41) is 3.17. The predicted molar refractivity (Wildman–Crippen MR) is 69.6 cm³/mol. The molecule has 0 aromatic heterocycles. The van der Waals surface area contributed by atoms with E-state index in [0.29, 0.717) is 12.5 Å². The van der Waals surface area contributed by atoms with Crippen LogP contribution in [0, 0.1) is 5.92 Å². The van der Waals surface area contributed by atoms with Crippen molar-refractivity contribution in [2.75, 3.05) is 0 Å². The second-order valence-corrected chi connectivity index (χ2v) is 6.27. The van der Waals surface area contributed by atoms with Gasteiger partial charge in [-0.1, -0.05) is 19.8 Å². The number of nitrogens with two attached hydrogens (primary N) is 1. The topological polar surface area (TPSA) is 55.1 Å². The first kappa shape index (κ1) is 12.9. The summed E-state index contributed by atoms with van der Waals surface area (Å²) in [7, 11) is 0. The molecule has 2 aliphatic rings. The highest BCUT2D eigenvalue weighted by Gasteiger charge is 2.32. The van der Waals surface area contributed by atoms with Gasteiger partial charge >= 0.3 is 0 Å². The summed E-state index contributed by atoms with van der Waals surface area (Å²) in [6.07, 6.45) is 9.71. The molecule has 2 aliphatic carbocycles. The van der Waals surface area contributed by atoms with Gasteiger partial charge in [0.05, 0.1) is 0 Å². The molecule has 98 valence electrons. The second kappa shape index (κ2) is 5.38. The summed E-state index contributed by atoms with van der Waals surface area (Å²) in [4.78, 5) is 12.0. The minimum absolute atomic E-state index is 0.175. The molecule has 0 aromatic rings. The first-order chi connectivity index (χ1) is 8.07. The molecule has 0 bridgehead atoms. The molecule has 3 heteroatoms. The van der Waals surface area contributed by atoms with Gasteiger partial charge in [-0.3, -0.25) is 4.79 Å². The molecule has 17 heavy (non-hydrogen) atoms. The van der Waals surface area contributed by atoms with Crippen LogP contribution < -0.4 is 11.1 Å². The van der Waals surface area contributed by atoms with E-state index < -0.39 is 0 Å². The monoisotopic (exact) mass is 238 g/mol. The van der Waals surface area contributed by atoms with Crippen molar-refractivity contribution in [1.82, 2.24) is 5.32 Å². The van der Waals surface area contributed by atoms with Crippen LogP contribution >= 0.6 is 0 Å². The molecule has 1 amide bonds. The molecule has 3 nitrogen and oxygen atoms in total. The van der Waals surface area contributed by atoms with Crippen LogP contribution in [0.2, 0.25) is 0 Å². The van der Waals surface area contributed by atoms with Gasteiger partial charge in [0.1, 0.15) is 0 Å². The average molecular weight is 238 g/mol. The standard InChI is InChI=1S/C14H26N2O/c1-11-4-6-12(7-5-11)16-13(17)10-14(15)8-2-3-9-14/h11-12H,2-10,15H2,1H3,(H,16,17). The molecule has 0 unspecified atom stereocenters. The third kappa shape index (κ3) is 3.70. The lowest BCUT2D eigenvalue weighted by Crippen LogP contribution is -2.45. The third-order valence-electron chi connectivity index (χ3n) is 4.49. The molecule has 0 radical (unpaired) electrons. The zero-order valence-electron chi connectivity index (χ0n) is 11.0. The molecule has 2 fully saturated rings. The molecular weight excluding hydrogens is 212 g/mol. The number of rotatable bonds is 3. The van der Waals surface area contributed by atoms with Gasteiger partial charge < -0.3 is 11.1 Å². The maximum atomic E-state index is 12.0. The molecule has 2 rings (SSSR count). The minimum Gasteiger partial charge on any atom is -0.353 e. The Kier molecular flexibility index (Phi) is 4.08. The van der Waals surface area contributed by atoms with E-state index in [1.54, 1.807) is 0 Å². The quantitative estimate of drug-likeness (QED) is 0.793.